The minimum absolute atomic E-state index is 0.00181. The van der Waals surface area contributed by atoms with Crippen LogP contribution in [0.1, 0.15) is 50.2 Å². The molecule has 0 spiro atoms. The first kappa shape index (κ1) is 14.8. The first-order valence-electron chi connectivity index (χ1n) is 7.77. The van der Waals surface area contributed by atoms with E-state index in [-0.39, 0.29) is 5.91 Å². The summed E-state index contributed by atoms with van der Waals surface area (Å²) in [5.41, 5.74) is 3.81. The van der Waals surface area contributed by atoms with Gasteiger partial charge in [-0.05, 0) is 48.3 Å². The van der Waals surface area contributed by atoms with Crippen LogP contribution in [0.25, 0.3) is 5.57 Å². The first-order chi connectivity index (χ1) is 9.74. The van der Waals surface area contributed by atoms with Gasteiger partial charge in [0, 0.05) is 13.1 Å². The molecule has 1 aliphatic rings. The van der Waals surface area contributed by atoms with Crippen molar-refractivity contribution in [3.63, 3.8) is 0 Å². The molecule has 108 valence electrons. The lowest BCUT2D eigenvalue weighted by Gasteiger charge is -2.28. The second kappa shape index (κ2) is 7.28. The van der Waals surface area contributed by atoms with E-state index in [0.717, 1.165) is 6.42 Å². The van der Waals surface area contributed by atoms with Crippen molar-refractivity contribution in [1.29, 1.82) is 0 Å². The van der Waals surface area contributed by atoms with Gasteiger partial charge in [0.2, 0.25) is 5.91 Å². The van der Waals surface area contributed by atoms with Crippen molar-refractivity contribution in [2.45, 2.75) is 45.4 Å². The zero-order valence-corrected chi connectivity index (χ0v) is 12.6. The SMILES string of the molecule is CCCCc1ccc(/C(=C/C(=O)NC)C2CCC2)cc1. The highest BCUT2D eigenvalue weighted by atomic mass is 16.1. The maximum absolute atomic E-state index is 11.7. The zero-order valence-electron chi connectivity index (χ0n) is 12.6. The third kappa shape index (κ3) is 3.72. The van der Waals surface area contributed by atoms with E-state index >= 15 is 0 Å². The Morgan fingerprint density at radius 2 is 2.00 bits per heavy atom. The molecule has 0 atom stereocenters. The molecule has 0 unspecified atom stereocenters. The van der Waals surface area contributed by atoms with E-state index in [1.165, 1.54) is 48.8 Å². The fourth-order valence-corrected chi connectivity index (χ4v) is 2.61. The van der Waals surface area contributed by atoms with Crippen molar-refractivity contribution >= 4 is 11.5 Å². The van der Waals surface area contributed by atoms with Gasteiger partial charge in [-0.3, -0.25) is 4.79 Å². The van der Waals surface area contributed by atoms with Crippen LogP contribution >= 0.6 is 0 Å². The topological polar surface area (TPSA) is 29.1 Å². The Morgan fingerprint density at radius 3 is 2.50 bits per heavy atom. The van der Waals surface area contributed by atoms with Gasteiger partial charge in [-0.25, -0.2) is 0 Å². The van der Waals surface area contributed by atoms with E-state index in [1.54, 1.807) is 13.1 Å². The molecule has 0 saturated heterocycles. The quantitative estimate of drug-likeness (QED) is 0.780. The smallest absolute Gasteiger partial charge is 0.244 e. The van der Waals surface area contributed by atoms with Crippen LogP contribution in [0.15, 0.2) is 30.3 Å². The van der Waals surface area contributed by atoms with Crippen molar-refractivity contribution in [2.24, 2.45) is 5.92 Å². The molecule has 1 fully saturated rings. The molecule has 2 heteroatoms. The average molecular weight is 271 g/mol. The Balaban J connectivity index is 2.16. The number of carbonyl (C=O) groups excluding carboxylic acids is 1. The number of carbonyl (C=O) groups is 1. The van der Waals surface area contributed by atoms with E-state index in [2.05, 4.69) is 36.5 Å². The van der Waals surface area contributed by atoms with Crippen LogP contribution in [0.3, 0.4) is 0 Å². The Kier molecular flexibility index (Phi) is 5.40. The molecule has 2 nitrogen and oxygen atoms in total. The summed E-state index contributed by atoms with van der Waals surface area (Å²) in [6.07, 6.45) is 9.10. The minimum atomic E-state index is 0.00181. The number of allylic oxidation sites excluding steroid dienone is 1. The number of aryl methyl sites for hydroxylation is 1. The molecule has 0 aliphatic heterocycles. The number of hydrogen-bond acceptors (Lipinski definition) is 1. The number of amides is 1. The molecule has 1 aromatic rings. The van der Waals surface area contributed by atoms with Gasteiger partial charge in [-0.1, -0.05) is 44.0 Å². The van der Waals surface area contributed by atoms with E-state index in [9.17, 15) is 4.79 Å². The Morgan fingerprint density at radius 1 is 1.30 bits per heavy atom. The summed E-state index contributed by atoms with van der Waals surface area (Å²) in [5.74, 6) is 0.566. The summed E-state index contributed by atoms with van der Waals surface area (Å²) < 4.78 is 0. The molecule has 2 rings (SSSR count). The molecule has 1 saturated carbocycles. The van der Waals surface area contributed by atoms with Gasteiger partial charge < -0.3 is 5.32 Å². The van der Waals surface area contributed by atoms with Crippen molar-refractivity contribution in [1.82, 2.24) is 5.32 Å². The number of rotatable bonds is 6. The monoisotopic (exact) mass is 271 g/mol. The van der Waals surface area contributed by atoms with Crippen molar-refractivity contribution in [2.75, 3.05) is 7.05 Å². The van der Waals surface area contributed by atoms with E-state index in [1.807, 2.05) is 0 Å². The van der Waals surface area contributed by atoms with Crippen molar-refractivity contribution in [3.8, 4) is 0 Å². The second-order valence-electron chi connectivity index (χ2n) is 5.64. The standard InChI is InChI=1S/C18H25NO/c1-3-4-6-14-9-11-16(12-10-14)17(13-18(20)19-2)15-7-5-8-15/h9-13,15H,3-8H2,1-2H3,(H,19,20)/b17-13+. The van der Waals surface area contributed by atoms with Gasteiger partial charge in [0.1, 0.15) is 0 Å². The van der Waals surface area contributed by atoms with Gasteiger partial charge in [0.15, 0.2) is 0 Å². The van der Waals surface area contributed by atoms with Crippen LogP contribution in [-0.4, -0.2) is 13.0 Å². The Labute approximate surface area is 122 Å². The van der Waals surface area contributed by atoms with Crippen LogP contribution in [0.2, 0.25) is 0 Å². The first-order valence-corrected chi connectivity index (χ1v) is 7.77. The fourth-order valence-electron chi connectivity index (χ4n) is 2.61. The van der Waals surface area contributed by atoms with Crippen LogP contribution in [-0.2, 0) is 11.2 Å². The van der Waals surface area contributed by atoms with E-state index in [0.29, 0.717) is 5.92 Å². The minimum Gasteiger partial charge on any atom is -0.356 e. The highest BCUT2D eigenvalue weighted by Crippen LogP contribution is 2.38. The van der Waals surface area contributed by atoms with Crippen molar-refractivity contribution in [3.05, 3.63) is 41.5 Å². The Hall–Kier alpha value is -1.57. The number of hydrogen-bond donors (Lipinski definition) is 1. The normalized spacial score (nSPS) is 15.8. The van der Waals surface area contributed by atoms with Gasteiger partial charge in [-0.2, -0.15) is 0 Å². The lowest BCUT2D eigenvalue weighted by Crippen LogP contribution is -2.19. The van der Waals surface area contributed by atoms with Crippen LogP contribution in [0.4, 0.5) is 0 Å². The maximum Gasteiger partial charge on any atom is 0.244 e. The third-order valence-corrected chi connectivity index (χ3v) is 4.18. The molecule has 0 aromatic heterocycles. The van der Waals surface area contributed by atoms with E-state index in [4.69, 9.17) is 0 Å². The Bertz CT molecular complexity index is 469. The molecule has 0 bridgehead atoms. The zero-order chi connectivity index (χ0) is 14.4. The number of nitrogens with one attached hydrogen (secondary N) is 1. The summed E-state index contributed by atoms with van der Waals surface area (Å²) in [4.78, 5) is 11.7. The molecule has 0 radical (unpaired) electrons. The molecule has 1 amide bonds. The number of benzene rings is 1. The van der Waals surface area contributed by atoms with Crippen LogP contribution in [0, 0.1) is 5.92 Å². The maximum atomic E-state index is 11.7. The van der Waals surface area contributed by atoms with Gasteiger partial charge in [0.25, 0.3) is 0 Å². The highest BCUT2D eigenvalue weighted by molar-refractivity contribution is 5.95. The summed E-state index contributed by atoms with van der Waals surface area (Å²) in [6.45, 7) is 2.22. The van der Waals surface area contributed by atoms with Crippen LogP contribution < -0.4 is 5.32 Å². The summed E-state index contributed by atoms with van der Waals surface area (Å²) in [7, 11) is 1.69. The molecule has 0 heterocycles. The predicted molar refractivity (Wildman–Crippen MR) is 84.4 cm³/mol. The predicted octanol–water partition coefficient (Wildman–Crippen LogP) is 3.96. The second-order valence-corrected chi connectivity index (χ2v) is 5.64. The lowest BCUT2D eigenvalue weighted by atomic mass is 9.76. The van der Waals surface area contributed by atoms with Gasteiger partial charge in [-0.15, -0.1) is 0 Å². The number of unbranched alkanes of at least 4 members (excludes halogenated alkanes) is 1. The fraction of sp³-hybridized carbons (Fsp3) is 0.500. The summed E-state index contributed by atoms with van der Waals surface area (Å²) in [6, 6.07) is 8.78. The average Bonchev–Trinajstić information content (AvgIpc) is 2.43. The third-order valence-electron chi connectivity index (χ3n) is 4.18. The summed E-state index contributed by atoms with van der Waals surface area (Å²) in [5, 5.41) is 2.69. The molecule has 1 aromatic carbocycles. The van der Waals surface area contributed by atoms with Gasteiger partial charge >= 0.3 is 0 Å². The van der Waals surface area contributed by atoms with Crippen molar-refractivity contribution < 1.29 is 4.79 Å². The summed E-state index contributed by atoms with van der Waals surface area (Å²) >= 11 is 0. The highest BCUT2D eigenvalue weighted by Gasteiger charge is 2.23. The van der Waals surface area contributed by atoms with Gasteiger partial charge in [0.05, 0.1) is 0 Å². The van der Waals surface area contributed by atoms with Crippen LogP contribution in [0.5, 0.6) is 0 Å². The molecular weight excluding hydrogens is 246 g/mol. The van der Waals surface area contributed by atoms with E-state index < -0.39 is 0 Å². The lowest BCUT2D eigenvalue weighted by molar-refractivity contribution is -0.116. The number of likely N-dealkylation sites (N-methyl/N-ethyl adjacent to an activating group) is 1. The molecular formula is C18H25NO. The molecule has 1 N–H and O–H groups in total. The molecule has 20 heavy (non-hydrogen) atoms. The molecule has 1 aliphatic carbocycles. The largest absolute Gasteiger partial charge is 0.356 e.